The largest absolute Gasteiger partial charge is 0.422 e. The molecule has 30 heavy (non-hydrogen) atoms. The molecule has 3 aliphatic rings. The molecule has 0 aliphatic carbocycles. The fourth-order valence-corrected chi connectivity index (χ4v) is 4.19. The lowest BCUT2D eigenvalue weighted by atomic mass is 9.76. The first-order valence-corrected chi connectivity index (χ1v) is 8.99. The number of esters is 2. The van der Waals surface area contributed by atoms with Crippen molar-refractivity contribution in [1.29, 1.82) is 0 Å². The average Bonchev–Trinajstić information content (AvgIpc) is 3.32. The van der Waals surface area contributed by atoms with Crippen LogP contribution >= 0.6 is 0 Å². The third-order valence-electron chi connectivity index (χ3n) is 5.31. The summed E-state index contributed by atoms with van der Waals surface area (Å²) in [6, 6.07) is 4.97. The summed E-state index contributed by atoms with van der Waals surface area (Å²) in [6.45, 7) is 2.22. The Kier molecular flexibility index (Phi) is 4.42. The highest BCUT2D eigenvalue weighted by atomic mass is 16.7. The number of carbonyl (C=O) groups is 4. The van der Waals surface area contributed by atoms with Gasteiger partial charge in [-0.1, -0.05) is 6.08 Å². The van der Waals surface area contributed by atoms with E-state index in [1.807, 2.05) is 0 Å². The molecule has 0 spiro atoms. The molecule has 3 aliphatic heterocycles. The number of anilines is 1. The van der Waals surface area contributed by atoms with E-state index in [4.69, 9.17) is 14.2 Å². The maximum absolute atomic E-state index is 13.3. The second kappa shape index (κ2) is 6.73. The number of ether oxygens (including phenoxy) is 3. The molecule has 0 saturated carbocycles. The molecule has 2 saturated heterocycles. The first-order valence-electron chi connectivity index (χ1n) is 8.99. The average molecular weight is 416 g/mol. The van der Waals surface area contributed by atoms with Gasteiger partial charge in [0.25, 0.3) is 12.0 Å². The minimum absolute atomic E-state index is 0.163. The number of amides is 2. The summed E-state index contributed by atoms with van der Waals surface area (Å²) in [7, 11) is 0. The smallest absolute Gasteiger partial charge is 0.305 e. The summed E-state index contributed by atoms with van der Waals surface area (Å²) in [5, 5.41) is 10.9. The van der Waals surface area contributed by atoms with Crippen LogP contribution in [0.2, 0.25) is 0 Å². The molecule has 3 heterocycles. The number of nitrogens with zero attached hydrogens (tertiary/aromatic N) is 2. The van der Waals surface area contributed by atoms with Crippen molar-refractivity contribution in [3.05, 3.63) is 46.5 Å². The van der Waals surface area contributed by atoms with Gasteiger partial charge < -0.3 is 14.2 Å². The van der Waals surface area contributed by atoms with Gasteiger partial charge in [0.1, 0.15) is 0 Å². The van der Waals surface area contributed by atoms with Gasteiger partial charge in [-0.2, -0.15) is 0 Å². The summed E-state index contributed by atoms with van der Waals surface area (Å²) in [5.41, 5.74) is -1.67. The molecule has 0 N–H and O–H groups in total. The lowest BCUT2D eigenvalue weighted by molar-refractivity contribution is -0.384. The molecule has 0 unspecified atom stereocenters. The van der Waals surface area contributed by atoms with Crippen molar-refractivity contribution in [2.75, 3.05) is 4.90 Å². The number of fused-ring (bicyclic) bond motifs is 5. The minimum Gasteiger partial charge on any atom is -0.422 e. The van der Waals surface area contributed by atoms with E-state index in [-0.39, 0.29) is 11.4 Å². The van der Waals surface area contributed by atoms with E-state index in [1.165, 1.54) is 30.3 Å². The molecule has 1 aromatic carbocycles. The molecular formula is C19H16N2O9. The van der Waals surface area contributed by atoms with Crippen LogP contribution in [0.4, 0.5) is 11.4 Å². The summed E-state index contributed by atoms with van der Waals surface area (Å²) < 4.78 is 16.1. The molecule has 0 aromatic heterocycles. The van der Waals surface area contributed by atoms with Crippen LogP contribution in [0.25, 0.3) is 0 Å². The number of non-ortho nitro benzene ring substituents is 1. The number of hydrogen-bond donors (Lipinski definition) is 0. The van der Waals surface area contributed by atoms with Gasteiger partial charge in [-0.05, 0) is 18.2 Å². The highest BCUT2D eigenvalue weighted by Gasteiger charge is 2.72. The predicted octanol–water partition coefficient (Wildman–Crippen LogP) is 0.860. The molecule has 2 bridgehead atoms. The molecule has 4 atom stereocenters. The van der Waals surface area contributed by atoms with Crippen molar-refractivity contribution < 1.29 is 38.3 Å². The van der Waals surface area contributed by atoms with E-state index < -0.39 is 58.5 Å². The highest BCUT2D eigenvalue weighted by Crippen LogP contribution is 2.54. The van der Waals surface area contributed by atoms with Gasteiger partial charge in [-0.3, -0.25) is 29.3 Å². The summed E-state index contributed by atoms with van der Waals surface area (Å²) in [6.07, 6.45) is 0.700. The van der Waals surface area contributed by atoms with Gasteiger partial charge >= 0.3 is 11.9 Å². The van der Waals surface area contributed by atoms with E-state index in [9.17, 15) is 29.3 Å². The molecule has 2 fully saturated rings. The zero-order valence-corrected chi connectivity index (χ0v) is 15.8. The van der Waals surface area contributed by atoms with Gasteiger partial charge in [0, 0.05) is 26.0 Å². The fourth-order valence-electron chi connectivity index (χ4n) is 4.19. The SMILES string of the molecule is CC(=O)OC(OC(C)=O)[C@@]12C=C[C@@H](O1)[C@@H]1C(=O)N(c3ccc([N+](=O)[O-])cc3)C(=O)[C@H]12. The predicted molar refractivity (Wildman–Crippen MR) is 96.6 cm³/mol. The maximum atomic E-state index is 13.3. The number of carbonyl (C=O) groups excluding carboxylic acids is 4. The number of imide groups is 1. The van der Waals surface area contributed by atoms with Crippen molar-refractivity contribution in [2.45, 2.75) is 31.8 Å². The Morgan fingerprint density at radius 2 is 1.73 bits per heavy atom. The first-order chi connectivity index (χ1) is 14.2. The molecule has 156 valence electrons. The molecule has 2 amide bonds. The second-order valence-corrected chi connectivity index (χ2v) is 7.13. The van der Waals surface area contributed by atoms with Gasteiger partial charge in [-0.15, -0.1) is 0 Å². The lowest BCUT2D eigenvalue weighted by Gasteiger charge is -2.34. The maximum Gasteiger partial charge on any atom is 0.305 e. The van der Waals surface area contributed by atoms with Crippen molar-refractivity contribution >= 4 is 35.1 Å². The van der Waals surface area contributed by atoms with Gasteiger partial charge in [0.05, 0.1) is 28.6 Å². The van der Waals surface area contributed by atoms with Crippen molar-refractivity contribution in [3.8, 4) is 0 Å². The zero-order valence-electron chi connectivity index (χ0n) is 15.8. The van der Waals surface area contributed by atoms with Crippen LogP contribution in [0.15, 0.2) is 36.4 Å². The fraction of sp³-hybridized carbons (Fsp3) is 0.368. The van der Waals surface area contributed by atoms with Crippen LogP contribution in [-0.4, -0.2) is 46.7 Å². The standard InChI is InChI=1S/C19H16N2O9/c1-9(22)28-18(29-10(2)23)19-8-7-13(30-19)14-15(19)17(25)20(16(14)24)11-3-5-12(6-4-11)21(26)27/h3-8,13-15,18H,1-2H3/t13-,14+,15+,19+/m1/s1. The topological polar surface area (TPSA) is 142 Å². The third-order valence-corrected chi connectivity index (χ3v) is 5.31. The highest BCUT2D eigenvalue weighted by molar-refractivity contribution is 6.23. The van der Waals surface area contributed by atoms with Gasteiger partial charge in [0.15, 0.2) is 5.60 Å². The Morgan fingerprint density at radius 1 is 1.13 bits per heavy atom. The number of hydrogen-bond acceptors (Lipinski definition) is 9. The number of nitro groups is 1. The Morgan fingerprint density at radius 3 is 2.27 bits per heavy atom. The van der Waals surface area contributed by atoms with Crippen molar-refractivity contribution in [3.63, 3.8) is 0 Å². The van der Waals surface area contributed by atoms with Crippen LogP contribution in [0.1, 0.15) is 13.8 Å². The second-order valence-electron chi connectivity index (χ2n) is 7.13. The van der Waals surface area contributed by atoms with E-state index in [0.717, 1.165) is 18.7 Å². The molecule has 0 radical (unpaired) electrons. The summed E-state index contributed by atoms with van der Waals surface area (Å²) >= 11 is 0. The summed E-state index contributed by atoms with van der Waals surface area (Å²) in [5.74, 6) is -4.73. The van der Waals surface area contributed by atoms with E-state index in [1.54, 1.807) is 6.08 Å². The molecule has 11 nitrogen and oxygen atoms in total. The van der Waals surface area contributed by atoms with Gasteiger partial charge in [0.2, 0.25) is 11.8 Å². The van der Waals surface area contributed by atoms with Crippen molar-refractivity contribution in [1.82, 2.24) is 0 Å². The third kappa shape index (κ3) is 2.77. The lowest BCUT2D eigenvalue weighted by Crippen LogP contribution is -2.52. The normalized spacial score (nSPS) is 28.8. The summed E-state index contributed by atoms with van der Waals surface area (Å²) in [4.78, 5) is 60.6. The van der Waals surface area contributed by atoms with Crippen LogP contribution < -0.4 is 4.90 Å². The molecule has 1 aromatic rings. The van der Waals surface area contributed by atoms with E-state index in [0.29, 0.717) is 0 Å². The number of nitro benzene ring substituents is 1. The van der Waals surface area contributed by atoms with E-state index >= 15 is 0 Å². The molecule has 4 rings (SSSR count). The van der Waals surface area contributed by atoms with Crippen LogP contribution in [-0.2, 0) is 33.4 Å². The number of benzene rings is 1. The monoisotopic (exact) mass is 416 g/mol. The molecular weight excluding hydrogens is 400 g/mol. The van der Waals surface area contributed by atoms with Crippen molar-refractivity contribution in [2.24, 2.45) is 11.8 Å². The van der Waals surface area contributed by atoms with E-state index in [2.05, 4.69) is 0 Å². The van der Waals surface area contributed by atoms with Crippen LogP contribution in [0.5, 0.6) is 0 Å². The Balaban J connectivity index is 1.71. The molecule has 11 heteroatoms. The first kappa shape index (κ1) is 19.7. The number of rotatable bonds is 5. The van der Waals surface area contributed by atoms with Crippen LogP contribution in [0, 0.1) is 22.0 Å². The Labute approximate surface area is 169 Å². The Bertz CT molecular complexity index is 986. The van der Waals surface area contributed by atoms with Crippen LogP contribution in [0.3, 0.4) is 0 Å². The van der Waals surface area contributed by atoms with Gasteiger partial charge in [-0.25, -0.2) is 4.90 Å². The Hall–Kier alpha value is -3.60. The minimum atomic E-state index is -1.64. The quantitative estimate of drug-likeness (QED) is 0.170. The zero-order chi connectivity index (χ0) is 21.8.